The van der Waals surface area contributed by atoms with E-state index < -0.39 is 11.9 Å². The first kappa shape index (κ1) is 12.2. The molecule has 0 aliphatic carbocycles. The molecule has 5 nitrogen and oxygen atoms in total. The van der Waals surface area contributed by atoms with Crippen molar-refractivity contribution < 1.29 is 19.4 Å². The van der Waals surface area contributed by atoms with Crippen molar-refractivity contribution in [3.8, 4) is 6.07 Å². The van der Waals surface area contributed by atoms with Crippen molar-refractivity contribution in [2.24, 2.45) is 0 Å². The van der Waals surface area contributed by atoms with Gasteiger partial charge in [-0.15, -0.1) is 0 Å². The van der Waals surface area contributed by atoms with Gasteiger partial charge in [0.1, 0.15) is 0 Å². The first-order valence-corrected chi connectivity index (χ1v) is 4.03. The lowest BCUT2D eigenvalue weighted by molar-refractivity contribution is -0.141. The standard InChI is InChI=1S/C9H11NO4/c1-7(11)14-6-2-3-8(4-5-10)9(12)13/h4H,2-3,6H2,1H3,(H,12,13). The second-order valence-corrected chi connectivity index (χ2v) is 2.55. The van der Waals surface area contributed by atoms with Crippen molar-refractivity contribution in [1.29, 1.82) is 5.26 Å². The highest BCUT2D eigenvalue weighted by atomic mass is 16.5. The summed E-state index contributed by atoms with van der Waals surface area (Å²) in [5, 5.41) is 16.8. The number of carbonyl (C=O) groups is 2. The normalized spacial score (nSPS) is 10.4. The second-order valence-electron chi connectivity index (χ2n) is 2.55. The average molecular weight is 197 g/mol. The molecule has 0 atom stereocenters. The molecule has 14 heavy (non-hydrogen) atoms. The van der Waals surface area contributed by atoms with E-state index in [-0.39, 0.29) is 18.6 Å². The van der Waals surface area contributed by atoms with Gasteiger partial charge in [0.15, 0.2) is 0 Å². The zero-order valence-corrected chi connectivity index (χ0v) is 7.82. The van der Waals surface area contributed by atoms with Crippen LogP contribution in [0.15, 0.2) is 11.6 Å². The molecule has 0 saturated heterocycles. The average Bonchev–Trinajstić information content (AvgIpc) is 2.09. The Balaban J connectivity index is 3.86. The summed E-state index contributed by atoms with van der Waals surface area (Å²) in [5.74, 6) is -1.51. The van der Waals surface area contributed by atoms with Gasteiger partial charge in [-0.2, -0.15) is 5.26 Å². The summed E-state index contributed by atoms with van der Waals surface area (Å²) < 4.78 is 4.61. The van der Waals surface area contributed by atoms with Gasteiger partial charge in [-0.05, 0) is 12.8 Å². The van der Waals surface area contributed by atoms with E-state index in [0.29, 0.717) is 6.42 Å². The van der Waals surface area contributed by atoms with Crippen LogP contribution in [0.5, 0.6) is 0 Å². The smallest absolute Gasteiger partial charge is 0.332 e. The molecular formula is C9H11NO4. The van der Waals surface area contributed by atoms with Crippen LogP contribution in [0.25, 0.3) is 0 Å². The molecule has 0 spiro atoms. The highest BCUT2D eigenvalue weighted by Gasteiger charge is 2.06. The Morgan fingerprint density at radius 1 is 1.57 bits per heavy atom. The zero-order chi connectivity index (χ0) is 11.0. The Morgan fingerprint density at radius 2 is 2.21 bits per heavy atom. The number of nitriles is 1. The van der Waals surface area contributed by atoms with Gasteiger partial charge >= 0.3 is 11.9 Å². The lowest BCUT2D eigenvalue weighted by Gasteiger charge is -2.01. The fourth-order valence-electron chi connectivity index (χ4n) is 0.797. The maximum atomic E-state index is 10.5. The summed E-state index contributed by atoms with van der Waals surface area (Å²) in [7, 11) is 0. The molecule has 0 fully saturated rings. The molecule has 0 aliphatic heterocycles. The number of carboxylic acids is 1. The number of hydrogen-bond acceptors (Lipinski definition) is 4. The molecule has 76 valence electrons. The number of aliphatic carboxylic acids is 1. The van der Waals surface area contributed by atoms with E-state index in [2.05, 4.69) is 4.74 Å². The van der Waals surface area contributed by atoms with Crippen LogP contribution in [-0.2, 0) is 14.3 Å². The number of rotatable bonds is 5. The summed E-state index contributed by atoms with van der Waals surface area (Å²) in [6.45, 7) is 1.45. The predicted octanol–water partition coefficient (Wildman–Crippen LogP) is 0.864. The molecule has 0 aromatic carbocycles. The predicted molar refractivity (Wildman–Crippen MR) is 47.2 cm³/mol. The van der Waals surface area contributed by atoms with E-state index in [4.69, 9.17) is 10.4 Å². The maximum Gasteiger partial charge on any atom is 0.332 e. The number of carboxylic acid groups (broad SMARTS) is 1. The van der Waals surface area contributed by atoms with Crippen molar-refractivity contribution in [1.82, 2.24) is 0 Å². The molecule has 0 aromatic rings. The third kappa shape index (κ3) is 5.77. The first-order valence-electron chi connectivity index (χ1n) is 4.03. The Hall–Kier alpha value is -1.83. The molecule has 5 heteroatoms. The maximum absolute atomic E-state index is 10.5. The van der Waals surface area contributed by atoms with Crippen molar-refractivity contribution in [3.05, 3.63) is 11.6 Å². The Bertz CT molecular complexity index is 288. The topological polar surface area (TPSA) is 87.4 Å². The number of ether oxygens (including phenoxy) is 1. The third-order valence-corrected chi connectivity index (χ3v) is 1.41. The monoisotopic (exact) mass is 197 g/mol. The zero-order valence-electron chi connectivity index (χ0n) is 7.82. The Labute approximate surface area is 81.6 Å². The minimum Gasteiger partial charge on any atom is -0.478 e. The lowest BCUT2D eigenvalue weighted by Crippen LogP contribution is -2.04. The molecule has 0 aromatic heterocycles. The van der Waals surface area contributed by atoms with Crippen LogP contribution in [0.2, 0.25) is 0 Å². The van der Waals surface area contributed by atoms with Gasteiger partial charge in [-0.1, -0.05) is 0 Å². The first-order chi connectivity index (χ1) is 6.57. The summed E-state index contributed by atoms with van der Waals surface area (Å²) >= 11 is 0. The summed E-state index contributed by atoms with van der Waals surface area (Å²) in [6.07, 6.45) is 1.60. The van der Waals surface area contributed by atoms with Crippen LogP contribution >= 0.6 is 0 Å². The molecule has 0 radical (unpaired) electrons. The second kappa shape index (κ2) is 6.66. The molecule has 0 bridgehead atoms. The molecular weight excluding hydrogens is 186 g/mol. The van der Waals surface area contributed by atoms with E-state index in [9.17, 15) is 9.59 Å². The van der Waals surface area contributed by atoms with Crippen LogP contribution in [0.4, 0.5) is 0 Å². The number of carbonyl (C=O) groups excluding carboxylic acids is 1. The van der Waals surface area contributed by atoms with Gasteiger partial charge in [0.2, 0.25) is 0 Å². The fourth-order valence-corrected chi connectivity index (χ4v) is 0.797. The van der Waals surface area contributed by atoms with Crippen molar-refractivity contribution in [3.63, 3.8) is 0 Å². The Kier molecular flexibility index (Phi) is 5.79. The largest absolute Gasteiger partial charge is 0.478 e. The highest BCUT2D eigenvalue weighted by Crippen LogP contribution is 2.05. The molecule has 0 unspecified atom stereocenters. The SMILES string of the molecule is CC(=O)OCCCC(=CC#N)C(=O)O. The number of hydrogen-bond donors (Lipinski definition) is 1. The minimum absolute atomic E-state index is 0.0275. The van der Waals surface area contributed by atoms with Gasteiger partial charge in [0.05, 0.1) is 12.7 Å². The molecule has 0 rings (SSSR count). The van der Waals surface area contributed by atoms with Crippen LogP contribution in [0, 0.1) is 11.3 Å². The Morgan fingerprint density at radius 3 is 2.64 bits per heavy atom. The van der Waals surface area contributed by atoms with E-state index in [1.54, 1.807) is 6.07 Å². The summed E-state index contributed by atoms with van der Waals surface area (Å²) in [5.41, 5.74) is 0.0275. The van der Waals surface area contributed by atoms with Crippen LogP contribution < -0.4 is 0 Å². The molecule has 0 aliphatic rings. The number of allylic oxidation sites excluding steroid dienone is 1. The summed E-state index contributed by atoms with van der Waals surface area (Å²) in [4.78, 5) is 20.8. The van der Waals surface area contributed by atoms with Crippen molar-refractivity contribution >= 4 is 11.9 Å². The van der Waals surface area contributed by atoms with Gasteiger partial charge in [0.25, 0.3) is 0 Å². The minimum atomic E-state index is -1.12. The molecule has 0 saturated carbocycles. The van der Waals surface area contributed by atoms with Crippen LogP contribution in [0.1, 0.15) is 19.8 Å². The highest BCUT2D eigenvalue weighted by molar-refractivity contribution is 5.87. The van der Waals surface area contributed by atoms with Crippen molar-refractivity contribution in [2.75, 3.05) is 6.61 Å². The van der Waals surface area contributed by atoms with E-state index >= 15 is 0 Å². The quantitative estimate of drug-likeness (QED) is 0.305. The van der Waals surface area contributed by atoms with Gasteiger partial charge in [-0.25, -0.2) is 4.79 Å². The third-order valence-electron chi connectivity index (χ3n) is 1.41. The molecule has 0 amide bonds. The fraction of sp³-hybridized carbons (Fsp3) is 0.444. The summed E-state index contributed by atoms with van der Waals surface area (Å²) in [6, 6.07) is 1.65. The number of nitrogens with zero attached hydrogens (tertiary/aromatic N) is 1. The van der Waals surface area contributed by atoms with Crippen molar-refractivity contribution in [2.45, 2.75) is 19.8 Å². The van der Waals surface area contributed by atoms with Crippen LogP contribution in [0.3, 0.4) is 0 Å². The van der Waals surface area contributed by atoms with E-state index in [1.165, 1.54) is 6.92 Å². The van der Waals surface area contributed by atoms with E-state index in [1.807, 2.05) is 0 Å². The number of esters is 1. The van der Waals surface area contributed by atoms with E-state index in [0.717, 1.165) is 6.08 Å². The molecule has 1 N–H and O–H groups in total. The van der Waals surface area contributed by atoms with Gasteiger partial charge in [-0.3, -0.25) is 4.79 Å². The van der Waals surface area contributed by atoms with Crippen LogP contribution in [-0.4, -0.2) is 23.7 Å². The van der Waals surface area contributed by atoms with Gasteiger partial charge in [0, 0.05) is 18.6 Å². The van der Waals surface area contributed by atoms with Gasteiger partial charge < -0.3 is 9.84 Å². The molecule has 0 heterocycles. The lowest BCUT2D eigenvalue weighted by atomic mass is 10.1.